The number of unbranched alkanes of at least 4 members (excludes halogenated alkanes) is 1. The van der Waals surface area contributed by atoms with Gasteiger partial charge in [-0.3, -0.25) is 0 Å². The van der Waals surface area contributed by atoms with E-state index < -0.39 is 0 Å². The monoisotopic (exact) mass is 589 g/mol. The Morgan fingerprint density at radius 2 is 1.38 bits per heavy atom. The van der Waals surface area contributed by atoms with E-state index in [0.29, 0.717) is 22.8 Å². The van der Waals surface area contributed by atoms with Gasteiger partial charge in [-0.15, -0.1) is 0 Å². The highest BCUT2D eigenvalue weighted by atomic mass is 16.3. The van der Waals surface area contributed by atoms with Crippen LogP contribution in [0.1, 0.15) is 131 Å². The summed E-state index contributed by atoms with van der Waals surface area (Å²) in [6.45, 7) is 19.0. The molecule has 0 bridgehead atoms. The Balaban J connectivity index is 1.30. The molecule has 3 unspecified atom stereocenters. The van der Waals surface area contributed by atoms with Crippen LogP contribution in [0.15, 0.2) is 0 Å². The van der Waals surface area contributed by atoms with E-state index in [9.17, 15) is 5.11 Å². The van der Waals surface area contributed by atoms with Gasteiger partial charge in [-0.05, 0) is 169 Å². The van der Waals surface area contributed by atoms with Crippen LogP contribution in [-0.4, -0.2) is 56.5 Å². The maximum Gasteiger partial charge on any atom is 0.0543 e. The Bertz CT molecular complexity index is 777. The van der Waals surface area contributed by atoms with Gasteiger partial charge in [0.05, 0.1) is 6.10 Å². The van der Waals surface area contributed by atoms with Gasteiger partial charge < -0.3 is 26.8 Å². The van der Waals surface area contributed by atoms with E-state index in [2.05, 4.69) is 50.6 Å². The van der Waals surface area contributed by atoms with Gasteiger partial charge in [-0.25, -0.2) is 0 Å². The topological polar surface area (TPSA) is 82.3 Å². The molecule has 0 heterocycles. The average molecular weight is 589 g/mol. The molecular weight excluding hydrogens is 516 g/mol. The van der Waals surface area contributed by atoms with Crippen molar-refractivity contribution in [2.24, 2.45) is 58.0 Å². The summed E-state index contributed by atoms with van der Waals surface area (Å²) in [5, 5.41) is 22.1. The van der Waals surface area contributed by atoms with Crippen LogP contribution in [-0.2, 0) is 0 Å². The first-order valence-corrected chi connectivity index (χ1v) is 18.7. The first kappa shape index (κ1) is 34.7. The summed E-state index contributed by atoms with van der Waals surface area (Å²) < 4.78 is 0. The zero-order valence-electron chi connectivity index (χ0n) is 28.6. The number of aliphatic hydroxyl groups is 1. The molecule has 246 valence electrons. The summed E-state index contributed by atoms with van der Waals surface area (Å²) in [7, 11) is 0. The van der Waals surface area contributed by atoms with Crippen LogP contribution in [0.25, 0.3) is 0 Å². The molecule has 0 saturated heterocycles. The van der Waals surface area contributed by atoms with E-state index in [1.54, 1.807) is 0 Å². The van der Waals surface area contributed by atoms with E-state index in [0.717, 1.165) is 94.0 Å². The number of hydrogen-bond acceptors (Lipinski definition) is 5. The van der Waals surface area contributed by atoms with Crippen molar-refractivity contribution in [3.63, 3.8) is 0 Å². The second-order valence-corrected chi connectivity index (χ2v) is 16.4. The quantitative estimate of drug-likeness (QED) is 0.115. The van der Waals surface area contributed by atoms with Crippen LogP contribution in [0.2, 0.25) is 0 Å². The van der Waals surface area contributed by atoms with Gasteiger partial charge >= 0.3 is 0 Å². The zero-order valence-corrected chi connectivity index (χ0v) is 28.6. The third-order valence-electron chi connectivity index (χ3n) is 13.3. The minimum atomic E-state index is -0.0909. The van der Waals surface area contributed by atoms with Crippen LogP contribution >= 0.6 is 0 Å². The molecule has 42 heavy (non-hydrogen) atoms. The summed E-state index contributed by atoms with van der Waals surface area (Å²) in [4.78, 5) is 0. The van der Waals surface area contributed by atoms with Crippen LogP contribution < -0.4 is 21.7 Å². The predicted octanol–water partition coefficient (Wildman–Crippen LogP) is 6.74. The molecule has 10 atom stereocenters. The summed E-state index contributed by atoms with van der Waals surface area (Å²) in [5.41, 5.74) is 6.51. The van der Waals surface area contributed by atoms with Crippen molar-refractivity contribution in [2.45, 2.75) is 143 Å². The maximum absolute atomic E-state index is 10.8. The fourth-order valence-corrected chi connectivity index (χ4v) is 11.0. The van der Waals surface area contributed by atoms with Crippen molar-refractivity contribution in [3.05, 3.63) is 0 Å². The number of nitrogens with one attached hydrogen (secondary N) is 3. The van der Waals surface area contributed by atoms with Gasteiger partial charge in [0.1, 0.15) is 0 Å². The summed E-state index contributed by atoms with van der Waals surface area (Å²) >= 11 is 0. The second-order valence-electron chi connectivity index (χ2n) is 16.4. The minimum Gasteiger partial charge on any atom is -0.393 e. The molecule has 4 saturated carbocycles. The SMILES string of the molecule is CC(C)CCC[C@@H](C)[C@H]1CC[C@H]2[C@@H]3CC(NCCCNCCCCNCCCN)C4CC(O)CC[C@]4(C)[C@H]3CC[C@]12C. The molecule has 0 aromatic carbocycles. The average Bonchev–Trinajstić information content (AvgIpc) is 3.31. The third kappa shape index (κ3) is 8.33. The number of fused-ring (bicyclic) bond motifs is 5. The molecule has 4 aliphatic carbocycles. The predicted molar refractivity (Wildman–Crippen MR) is 180 cm³/mol. The summed E-state index contributed by atoms with van der Waals surface area (Å²) in [6, 6.07) is 0.579. The zero-order chi connectivity index (χ0) is 30.2. The highest BCUT2D eigenvalue weighted by Crippen LogP contribution is 2.68. The third-order valence-corrected chi connectivity index (χ3v) is 13.3. The highest BCUT2D eigenvalue weighted by molar-refractivity contribution is 5.12. The second kappa shape index (κ2) is 16.4. The van der Waals surface area contributed by atoms with Gasteiger partial charge in [-0.1, -0.05) is 53.9 Å². The van der Waals surface area contributed by atoms with Crippen molar-refractivity contribution >= 4 is 0 Å². The standard InChI is InChI=1S/C37H72N4O/c1-27(2)11-8-12-28(3)31-13-14-32-30-26-35(41-24-10-23-40-21-7-6-20-39-22-9-19-38)34-25-29(42)15-17-37(34,5)33(30)16-18-36(31,32)4/h27-35,39-42H,6-26,38H2,1-5H3/t28-,29?,30+,31-,32+,33+,34?,35?,36-,37-/m1/s1. The molecule has 5 heteroatoms. The van der Waals surface area contributed by atoms with Crippen LogP contribution in [0.4, 0.5) is 0 Å². The largest absolute Gasteiger partial charge is 0.393 e. The van der Waals surface area contributed by atoms with Gasteiger partial charge in [0.15, 0.2) is 0 Å². The number of aliphatic hydroxyl groups excluding tert-OH is 1. The van der Waals surface area contributed by atoms with Crippen molar-refractivity contribution in [3.8, 4) is 0 Å². The molecule has 0 amide bonds. The fraction of sp³-hybridized carbons (Fsp3) is 1.00. The molecule has 4 fully saturated rings. The molecule has 5 nitrogen and oxygen atoms in total. The lowest BCUT2D eigenvalue weighted by Gasteiger charge is -2.63. The van der Waals surface area contributed by atoms with Crippen molar-refractivity contribution in [2.75, 3.05) is 39.3 Å². The van der Waals surface area contributed by atoms with Gasteiger partial charge in [-0.2, -0.15) is 0 Å². The molecule has 0 spiro atoms. The fourth-order valence-electron chi connectivity index (χ4n) is 11.0. The van der Waals surface area contributed by atoms with Gasteiger partial charge in [0.25, 0.3) is 0 Å². The first-order chi connectivity index (χ1) is 20.2. The molecule has 0 aliphatic heterocycles. The Hall–Kier alpha value is -0.200. The lowest BCUT2D eigenvalue weighted by molar-refractivity contribution is -0.141. The molecule has 4 rings (SSSR count). The van der Waals surface area contributed by atoms with Crippen molar-refractivity contribution in [1.82, 2.24) is 16.0 Å². The molecular formula is C37H72N4O. The Kier molecular flexibility index (Phi) is 13.5. The Labute approximate surface area is 261 Å². The van der Waals surface area contributed by atoms with E-state index in [1.165, 1.54) is 77.0 Å². The van der Waals surface area contributed by atoms with E-state index in [4.69, 9.17) is 5.73 Å². The lowest BCUT2D eigenvalue weighted by Crippen LogP contribution is -2.61. The lowest BCUT2D eigenvalue weighted by atomic mass is 9.43. The normalized spacial score (nSPS) is 38.7. The Morgan fingerprint density at radius 3 is 2.10 bits per heavy atom. The molecule has 4 aliphatic rings. The van der Waals surface area contributed by atoms with Crippen LogP contribution in [0.3, 0.4) is 0 Å². The maximum atomic E-state index is 10.8. The number of nitrogens with two attached hydrogens (primary N) is 1. The minimum absolute atomic E-state index is 0.0909. The van der Waals surface area contributed by atoms with E-state index in [-0.39, 0.29) is 6.10 Å². The van der Waals surface area contributed by atoms with E-state index in [1.807, 2.05) is 0 Å². The smallest absolute Gasteiger partial charge is 0.0543 e. The Morgan fingerprint density at radius 1 is 0.714 bits per heavy atom. The van der Waals surface area contributed by atoms with Gasteiger partial charge in [0, 0.05) is 6.04 Å². The molecule has 0 radical (unpaired) electrons. The van der Waals surface area contributed by atoms with E-state index >= 15 is 0 Å². The molecule has 6 N–H and O–H groups in total. The number of rotatable bonds is 18. The summed E-state index contributed by atoms with van der Waals surface area (Å²) in [5.74, 6) is 5.93. The van der Waals surface area contributed by atoms with Crippen molar-refractivity contribution < 1.29 is 5.11 Å². The molecule has 0 aromatic heterocycles. The number of hydrogen-bond donors (Lipinski definition) is 5. The van der Waals surface area contributed by atoms with Gasteiger partial charge in [0.2, 0.25) is 0 Å². The molecule has 0 aromatic rings. The van der Waals surface area contributed by atoms with Crippen LogP contribution in [0, 0.1) is 52.3 Å². The first-order valence-electron chi connectivity index (χ1n) is 18.7. The highest BCUT2D eigenvalue weighted by Gasteiger charge is 2.62. The summed E-state index contributed by atoms with van der Waals surface area (Å²) in [6.07, 6.45) is 19.4. The van der Waals surface area contributed by atoms with Crippen molar-refractivity contribution in [1.29, 1.82) is 0 Å². The van der Waals surface area contributed by atoms with Crippen LogP contribution in [0.5, 0.6) is 0 Å².